The van der Waals surface area contributed by atoms with E-state index >= 15 is 0 Å². The number of sulfonamides is 1. The zero-order valence-electron chi connectivity index (χ0n) is 11.6. The predicted molar refractivity (Wildman–Crippen MR) is 76.6 cm³/mol. The van der Waals surface area contributed by atoms with Gasteiger partial charge in [0.15, 0.2) is 0 Å². The molecule has 0 aliphatic carbocycles. The molecule has 6 nitrogen and oxygen atoms in total. The number of imidazole rings is 1. The number of aromatic amines is 1. The highest BCUT2D eigenvalue weighted by Crippen LogP contribution is 2.16. The number of nitrogens with zero attached hydrogens (tertiary/aromatic N) is 1. The number of H-pyrrole nitrogens is 1. The van der Waals surface area contributed by atoms with Crippen LogP contribution in [0.3, 0.4) is 0 Å². The summed E-state index contributed by atoms with van der Waals surface area (Å²) < 4.78 is 40.4. The van der Waals surface area contributed by atoms with Gasteiger partial charge in [0.25, 0.3) is 0 Å². The molecule has 21 heavy (non-hydrogen) atoms. The molecule has 8 heteroatoms. The van der Waals surface area contributed by atoms with E-state index < -0.39 is 15.8 Å². The Kier molecular flexibility index (Phi) is 5.05. The lowest BCUT2D eigenvalue weighted by Gasteiger charge is -2.09. The van der Waals surface area contributed by atoms with Crippen molar-refractivity contribution in [3.8, 4) is 0 Å². The number of rotatable bonds is 7. The van der Waals surface area contributed by atoms with Gasteiger partial charge in [-0.1, -0.05) is 6.07 Å². The van der Waals surface area contributed by atoms with E-state index in [4.69, 9.17) is 0 Å². The Bertz CT molecular complexity index is 686. The Morgan fingerprint density at radius 3 is 2.86 bits per heavy atom. The minimum absolute atomic E-state index is 0.144. The van der Waals surface area contributed by atoms with Gasteiger partial charge in [-0.05, 0) is 24.7 Å². The quantitative estimate of drug-likeness (QED) is 0.705. The Hall–Kier alpha value is -1.77. The second kappa shape index (κ2) is 6.79. The van der Waals surface area contributed by atoms with Crippen LogP contribution in [0.5, 0.6) is 0 Å². The molecule has 0 unspecified atom stereocenters. The van der Waals surface area contributed by atoms with Crippen molar-refractivity contribution in [3.63, 3.8) is 0 Å². The average molecular weight is 312 g/mol. The van der Waals surface area contributed by atoms with Gasteiger partial charge >= 0.3 is 0 Å². The second-order valence-corrected chi connectivity index (χ2v) is 6.21. The van der Waals surface area contributed by atoms with Crippen LogP contribution in [0.15, 0.2) is 35.5 Å². The molecule has 1 heterocycles. The number of halogens is 1. The molecule has 0 aliphatic heterocycles. The van der Waals surface area contributed by atoms with Gasteiger partial charge in [-0.3, -0.25) is 0 Å². The summed E-state index contributed by atoms with van der Waals surface area (Å²) in [6.45, 7) is 0.612. The monoisotopic (exact) mass is 312 g/mol. The molecular weight excluding hydrogens is 295 g/mol. The summed E-state index contributed by atoms with van der Waals surface area (Å²) in [6.07, 6.45) is 3.65. The molecule has 2 aromatic rings. The Labute approximate surface area is 122 Å². The maximum Gasteiger partial charge on any atom is 0.243 e. The van der Waals surface area contributed by atoms with Crippen molar-refractivity contribution < 1.29 is 12.8 Å². The minimum Gasteiger partial charge on any atom is -0.349 e. The van der Waals surface area contributed by atoms with Gasteiger partial charge in [-0.2, -0.15) is 0 Å². The Morgan fingerprint density at radius 1 is 1.38 bits per heavy atom. The number of aromatic nitrogens is 2. The maximum atomic E-state index is 13.7. The van der Waals surface area contributed by atoms with Gasteiger partial charge in [0.2, 0.25) is 10.0 Å². The van der Waals surface area contributed by atoms with E-state index in [1.165, 1.54) is 6.07 Å². The molecule has 0 saturated carbocycles. The smallest absolute Gasteiger partial charge is 0.243 e. The molecule has 0 fully saturated rings. The fraction of sp³-hybridized carbons (Fsp3) is 0.308. The van der Waals surface area contributed by atoms with Crippen LogP contribution in [-0.4, -0.2) is 32.0 Å². The van der Waals surface area contributed by atoms with E-state index in [0.29, 0.717) is 24.4 Å². The van der Waals surface area contributed by atoms with E-state index in [1.54, 1.807) is 25.5 Å². The highest BCUT2D eigenvalue weighted by molar-refractivity contribution is 7.89. The fourth-order valence-electron chi connectivity index (χ4n) is 1.88. The fourth-order valence-corrected chi connectivity index (χ4v) is 3.04. The first kappa shape index (κ1) is 15.6. The molecule has 0 bridgehead atoms. The largest absolute Gasteiger partial charge is 0.349 e. The summed E-state index contributed by atoms with van der Waals surface area (Å²) >= 11 is 0. The van der Waals surface area contributed by atoms with Crippen LogP contribution in [-0.2, 0) is 23.0 Å². The summed E-state index contributed by atoms with van der Waals surface area (Å²) in [5, 5.41) is 2.89. The summed E-state index contributed by atoms with van der Waals surface area (Å²) in [4.78, 5) is 6.53. The van der Waals surface area contributed by atoms with Crippen LogP contribution in [0, 0.1) is 5.82 Å². The highest BCUT2D eigenvalue weighted by atomic mass is 32.2. The lowest BCUT2D eigenvalue weighted by molar-refractivity contribution is 0.555. The van der Waals surface area contributed by atoms with Crippen molar-refractivity contribution in [3.05, 3.63) is 47.8 Å². The molecule has 0 radical (unpaired) electrons. The van der Waals surface area contributed by atoms with E-state index in [-0.39, 0.29) is 11.4 Å². The summed E-state index contributed by atoms with van der Waals surface area (Å²) in [6, 6.07) is 4.04. The topological polar surface area (TPSA) is 86.9 Å². The third-order valence-electron chi connectivity index (χ3n) is 2.87. The normalized spacial score (nSPS) is 11.7. The first-order chi connectivity index (χ1) is 10.0. The first-order valence-corrected chi connectivity index (χ1v) is 7.92. The van der Waals surface area contributed by atoms with Crippen molar-refractivity contribution >= 4 is 10.0 Å². The molecular formula is C13H17FN4O2S. The molecule has 0 aliphatic rings. The van der Waals surface area contributed by atoms with Crippen molar-refractivity contribution in [2.75, 3.05) is 13.6 Å². The molecule has 0 amide bonds. The van der Waals surface area contributed by atoms with E-state index in [1.807, 2.05) is 0 Å². The van der Waals surface area contributed by atoms with Crippen LogP contribution < -0.4 is 10.0 Å². The summed E-state index contributed by atoms with van der Waals surface area (Å²) in [5.41, 5.74) is 0.699. The SMILES string of the molecule is CNCc1ccc(F)c(S(=O)(=O)NCCc2ncc[nH]2)c1. The van der Waals surface area contributed by atoms with Gasteiger partial charge in [0.1, 0.15) is 16.5 Å². The van der Waals surface area contributed by atoms with Crippen LogP contribution in [0.2, 0.25) is 0 Å². The summed E-state index contributed by atoms with van der Waals surface area (Å²) in [5.74, 6) is -0.0949. The third-order valence-corrected chi connectivity index (χ3v) is 4.35. The number of hydrogen-bond acceptors (Lipinski definition) is 4. The standard InChI is InChI=1S/C13H17FN4O2S/c1-15-9-10-2-3-11(14)12(8-10)21(19,20)18-5-4-13-16-6-7-17-13/h2-3,6-8,15,18H,4-5,9H2,1H3,(H,16,17). The number of nitrogens with one attached hydrogen (secondary N) is 3. The molecule has 1 aromatic carbocycles. The van der Waals surface area contributed by atoms with Gasteiger partial charge in [-0.25, -0.2) is 22.5 Å². The van der Waals surface area contributed by atoms with Crippen molar-refractivity contribution in [1.29, 1.82) is 0 Å². The lowest BCUT2D eigenvalue weighted by atomic mass is 10.2. The molecule has 0 spiro atoms. The first-order valence-electron chi connectivity index (χ1n) is 6.44. The zero-order valence-corrected chi connectivity index (χ0v) is 12.4. The van der Waals surface area contributed by atoms with Crippen LogP contribution in [0.4, 0.5) is 4.39 Å². The number of hydrogen-bond donors (Lipinski definition) is 3. The molecule has 3 N–H and O–H groups in total. The van der Waals surface area contributed by atoms with Crippen molar-refractivity contribution in [1.82, 2.24) is 20.0 Å². The van der Waals surface area contributed by atoms with Gasteiger partial charge < -0.3 is 10.3 Å². The lowest BCUT2D eigenvalue weighted by Crippen LogP contribution is -2.27. The van der Waals surface area contributed by atoms with Crippen LogP contribution in [0.25, 0.3) is 0 Å². The number of benzene rings is 1. The van der Waals surface area contributed by atoms with Gasteiger partial charge in [-0.15, -0.1) is 0 Å². The second-order valence-electron chi connectivity index (χ2n) is 4.48. The van der Waals surface area contributed by atoms with Crippen LogP contribution >= 0.6 is 0 Å². The van der Waals surface area contributed by atoms with E-state index in [9.17, 15) is 12.8 Å². The van der Waals surface area contributed by atoms with E-state index in [0.717, 1.165) is 6.07 Å². The minimum atomic E-state index is -3.88. The van der Waals surface area contributed by atoms with Gasteiger partial charge in [0, 0.05) is 31.9 Å². The van der Waals surface area contributed by atoms with Gasteiger partial charge in [0.05, 0.1) is 0 Å². The predicted octanol–water partition coefficient (Wildman–Crippen LogP) is 0.789. The molecule has 114 valence electrons. The molecule has 2 rings (SSSR count). The molecule has 1 aromatic heterocycles. The van der Waals surface area contributed by atoms with Crippen molar-refractivity contribution in [2.45, 2.75) is 17.9 Å². The zero-order chi connectivity index (χ0) is 15.3. The average Bonchev–Trinajstić information content (AvgIpc) is 2.94. The van der Waals surface area contributed by atoms with Crippen molar-refractivity contribution in [2.24, 2.45) is 0 Å². The molecule has 0 atom stereocenters. The highest BCUT2D eigenvalue weighted by Gasteiger charge is 2.19. The Morgan fingerprint density at radius 2 is 2.19 bits per heavy atom. The maximum absolute atomic E-state index is 13.7. The third kappa shape index (κ3) is 4.10. The van der Waals surface area contributed by atoms with Crippen LogP contribution in [0.1, 0.15) is 11.4 Å². The Balaban J connectivity index is 2.09. The van der Waals surface area contributed by atoms with E-state index in [2.05, 4.69) is 20.0 Å². The summed E-state index contributed by atoms with van der Waals surface area (Å²) in [7, 11) is -2.14. The molecule has 0 saturated heterocycles.